The molecule has 2 aromatic rings. The highest BCUT2D eigenvalue weighted by molar-refractivity contribution is 6.36. The van der Waals surface area contributed by atoms with Gasteiger partial charge in [0.15, 0.2) is 5.75 Å². The first kappa shape index (κ1) is 7.44. The van der Waals surface area contributed by atoms with Gasteiger partial charge in [0.1, 0.15) is 0 Å². The molecule has 0 N–H and O–H groups in total. The van der Waals surface area contributed by atoms with Crippen molar-refractivity contribution in [3.63, 3.8) is 0 Å². The van der Waals surface area contributed by atoms with Crippen LogP contribution in [-0.4, -0.2) is 0 Å². The molecule has 0 aliphatic carbocycles. The van der Waals surface area contributed by atoms with Gasteiger partial charge in [0.25, 0.3) is 0 Å². The van der Waals surface area contributed by atoms with E-state index < -0.39 is 0 Å². The van der Waals surface area contributed by atoms with Crippen LogP contribution in [0, 0.1) is 0 Å². The van der Waals surface area contributed by atoms with E-state index in [1.807, 2.05) is 18.2 Å². The minimum Gasteiger partial charge on any atom is -0.289 e. The predicted octanol–water partition coefficient (Wildman–Crippen LogP) is 3.64. The van der Waals surface area contributed by atoms with Gasteiger partial charge in [0.05, 0.1) is 5.02 Å². The van der Waals surface area contributed by atoms with E-state index in [-0.39, 0.29) is 5.75 Å². The monoisotopic (exact) mass is 177 g/mol. The number of hydrogen-bond acceptors (Lipinski definition) is 0. The van der Waals surface area contributed by atoms with Crippen molar-refractivity contribution in [3.05, 3.63) is 41.4 Å². The van der Waals surface area contributed by atoms with Gasteiger partial charge in [-0.2, -0.15) is 0 Å². The first-order valence-corrected chi connectivity index (χ1v) is 4.01. The van der Waals surface area contributed by atoms with E-state index in [2.05, 4.69) is 0 Å². The van der Waals surface area contributed by atoms with Gasteiger partial charge in [0, 0.05) is 5.39 Å². The van der Waals surface area contributed by atoms with Crippen LogP contribution in [0.4, 0.5) is 0 Å². The summed E-state index contributed by atoms with van der Waals surface area (Å²) in [4.78, 5) is 0. The van der Waals surface area contributed by atoms with Crippen molar-refractivity contribution >= 4 is 22.4 Å². The number of rotatable bonds is 0. The molecule has 0 fully saturated rings. The van der Waals surface area contributed by atoms with Gasteiger partial charge in [-0.3, -0.25) is 5.11 Å². The Bertz CT molecular complexity index is 386. The predicted molar refractivity (Wildman–Crippen MR) is 49.1 cm³/mol. The Kier molecular flexibility index (Phi) is 1.66. The number of benzene rings is 2. The highest BCUT2D eigenvalue weighted by atomic mass is 35.5. The minimum atomic E-state index is -0.0156. The van der Waals surface area contributed by atoms with Gasteiger partial charge in [-0.25, -0.2) is 0 Å². The Morgan fingerprint density at radius 3 is 2.33 bits per heavy atom. The molecule has 0 bridgehead atoms. The van der Waals surface area contributed by atoms with Crippen molar-refractivity contribution in [2.45, 2.75) is 0 Å². The lowest BCUT2D eigenvalue weighted by molar-refractivity contribution is 0.360. The van der Waals surface area contributed by atoms with Crippen molar-refractivity contribution in [2.75, 3.05) is 0 Å². The van der Waals surface area contributed by atoms with E-state index in [1.165, 1.54) is 6.07 Å². The molecule has 0 atom stereocenters. The fraction of sp³-hybridized carbons (Fsp3) is 0. The van der Waals surface area contributed by atoms with Crippen molar-refractivity contribution in [2.24, 2.45) is 0 Å². The van der Waals surface area contributed by atoms with Crippen LogP contribution in [0.5, 0.6) is 5.75 Å². The molecule has 0 saturated carbocycles. The normalized spacial score (nSPS) is 10.4. The van der Waals surface area contributed by atoms with Crippen LogP contribution >= 0.6 is 11.6 Å². The number of hydrogen-bond donors (Lipinski definition) is 0. The van der Waals surface area contributed by atoms with Gasteiger partial charge in [-0.15, -0.1) is 0 Å². The van der Waals surface area contributed by atoms with E-state index in [9.17, 15) is 5.11 Å². The van der Waals surface area contributed by atoms with Crippen molar-refractivity contribution in [1.82, 2.24) is 0 Å². The SMILES string of the molecule is [O]c1cccc2cccc(Cl)c12. The Morgan fingerprint density at radius 2 is 1.67 bits per heavy atom. The Hall–Kier alpha value is -1.21. The minimum absolute atomic E-state index is 0.0156. The fourth-order valence-corrected chi connectivity index (χ4v) is 1.54. The second-order valence-electron chi connectivity index (χ2n) is 2.59. The molecule has 0 aliphatic heterocycles. The molecular formula is C10H6ClO. The lowest BCUT2D eigenvalue weighted by atomic mass is 10.1. The van der Waals surface area contributed by atoms with Crippen LogP contribution in [0.25, 0.3) is 10.8 Å². The summed E-state index contributed by atoms with van der Waals surface area (Å²) in [5.41, 5.74) is 0. The van der Waals surface area contributed by atoms with Crippen molar-refractivity contribution in [1.29, 1.82) is 0 Å². The zero-order chi connectivity index (χ0) is 8.55. The summed E-state index contributed by atoms with van der Waals surface area (Å²) in [7, 11) is 0. The van der Waals surface area contributed by atoms with Crippen molar-refractivity contribution < 1.29 is 5.11 Å². The Balaban J connectivity index is 2.96. The van der Waals surface area contributed by atoms with E-state index >= 15 is 0 Å². The Labute approximate surface area is 75.2 Å². The quantitative estimate of drug-likeness (QED) is 0.586. The molecule has 1 radical (unpaired) electrons. The topological polar surface area (TPSA) is 19.9 Å². The molecule has 0 amide bonds. The van der Waals surface area contributed by atoms with Crippen LogP contribution in [0.2, 0.25) is 5.02 Å². The fourth-order valence-electron chi connectivity index (χ4n) is 1.26. The average Bonchev–Trinajstić information content (AvgIpc) is 2.04. The van der Waals surface area contributed by atoms with Gasteiger partial charge >= 0.3 is 0 Å². The standard InChI is InChI=1S/C10H6ClO/c11-8-5-1-3-7-4-2-6-9(12)10(7)8/h1-6H. The molecule has 0 heterocycles. The van der Waals surface area contributed by atoms with Crippen LogP contribution in [0.15, 0.2) is 36.4 Å². The van der Waals surface area contributed by atoms with E-state index in [1.54, 1.807) is 12.1 Å². The summed E-state index contributed by atoms with van der Waals surface area (Å²) in [6.45, 7) is 0. The third kappa shape index (κ3) is 1.03. The number of fused-ring (bicyclic) bond motifs is 1. The Morgan fingerprint density at radius 1 is 1.00 bits per heavy atom. The van der Waals surface area contributed by atoms with Gasteiger partial charge < -0.3 is 0 Å². The van der Waals surface area contributed by atoms with E-state index in [0.29, 0.717) is 10.4 Å². The summed E-state index contributed by atoms with van der Waals surface area (Å²) in [6.07, 6.45) is 0. The average molecular weight is 178 g/mol. The highest BCUT2D eigenvalue weighted by Gasteiger charge is 2.03. The lowest BCUT2D eigenvalue weighted by Gasteiger charge is -1.99. The van der Waals surface area contributed by atoms with Crippen molar-refractivity contribution in [3.8, 4) is 5.75 Å². The molecule has 0 unspecified atom stereocenters. The smallest absolute Gasteiger partial charge is 0.187 e. The maximum atomic E-state index is 11.3. The molecule has 2 heteroatoms. The molecule has 59 valence electrons. The number of halogens is 1. The molecule has 0 spiro atoms. The maximum Gasteiger partial charge on any atom is 0.187 e. The third-order valence-electron chi connectivity index (χ3n) is 1.82. The van der Waals surface area contributed by atoms with Gasteiger partial charge in [0.2, 0.25) is 0 Å². The van der Waals surface area contributed by atoms with Crippen LogP contribution in [0.3, 0.4) is 0 Å². The van der Waals surface area contributed by atoms with Crippen LogP contribution in [-0.2, 0) is 5.11 Å². The molecule has 12 heavy (non-hydrogen) atoms. The summed E-state index contributed by atoms with van der Waals surface area (Å²) in [5, 5.41) is 13.4. The molecule has 1 nitrogen and oxygen atoms in total. The first-order valence-electron chi connectivity index (χ1n) is 3.63. The second kappa shape index (κ2) is 2.68. The van der Waals surface area contributed by atoms with E-state index in [4.69, 9.17) is 11.6 Å². The first-order chi connectivity index (χ1) is 5.79. The molecule has 0 aromatic heterocycles. The van der Waals surface area contributed by atoms with Gasteiger partial charge in [-0.05, 0) is 17.5 Å². The molecule has 2 rings (SSSR count). The summed E-state index contributed by atoms with van der Waals surface area (Å²) >= 11 is 5.86. The summed E-state index contributed by atoms with van der Waals surface area (Å²) < 4.78 is 0. The molecule has 0 aliphatic rings. The zero-order valence-electron chi connectivity index (χ0n) is 6.25. The maximum absolute atomic E-state index is 11.3. The summed E-state index contributed by atoms with van der Waals surface area (Å²) in [6, 6.07) is 10.6. The van der Waals surface area contributed by atoms with Gasteiger partial charge in [-0.1, -0.05) is 35.9 Å². The largest absolute Gasteiger partial charge is 0.289 e. The molecule has 2 aromatic carbocycles. The highest BCUT2D eigenvalue weighted by Crippen LogP contribution is 2.31. The molecule has 0 saturated heterocycles. The van der Waals surface area contributed by atoms with E-state index in [0.717, 1.165) is 5.39 Å². The van der Waals surface area contributed by atoms with Crippen LogP contribution < -0.4 is 0 Å². The zero-order valence-corrected chi connectivity index (χ0v) is 7.01. The molecular weight excluding hydrogens is 172 g/mol. The second-order valence-corrected chi connectivity index (χ2v) is 3.00. The lowest BCUT2D eigenvalue weighted by Crippen LogP contribution is -1.73. The van der Waals surface area contributed by atoms with Crippen LogP contribution in [0.1, 0.15) is 0 Å². The third-order valence-corrected chi connectivity index (χ3v) is 2.13. The summed E-state index contributed by atoms with van der Waals surface area (Å²) in [5.74, 6) is -0.0156.